The van der Waals surface area contributed by atoms with Gasteiger partial charge in [0, 0.05) is 0 Å². The van der Waals surface area contributed by atoms with E-state index in [0.717, 1.165) is 11.8 Å². The van der Waals surface area contributed by atoms with Crippen LogP contribution < -0.4 is 0 Å². The molecule has 26 heavy (non-hydrogen) atoms. The number of hydrogen-bond donors (Lipinski definition) is 0. The summed E-state index contributed by atoms with van der Waals surface area (Å²) in [6.07, 6.45) is 2.05. The van der Waals surface area contributed by atoms with Crippen LogP contribution in [-0.4, -0.2) is 50.1 Å². The molecule has 0 radical (unpaired) electrons. The van der Waals surface area contributed by atoms with Crippen molar-refractivity contribution >= 4 is 16.2 Å². The summed E-state index contributed by atoms with van der Waals surface area (Å²) >= 11 is 0. The highest BCUT2D eigenvalue weighted by Gasteiger charge is 2.50. The van der Waals surface area contributed by atoms with Gasteiger partial charge in [-0.15, -0.1) is 6.58 Å². The summed E-state index contributed by atoms with van der Waals surface area (Å²) in [7, 11) is -3.65. The Balaban J connectivity index is 2.16. The average molecular weight is 383 g/mol. The van der Waals surface area contributed by atoms with Crippen molar-refractivity contribution in [1.82, 2.24) is 4.90 Å². The first-order chi connectivity index (χ1) is 12.1. The summed E-state index contributed by atoms with van der Waals surface area (Å²) in [6.45, 7) is 7.05. The standard InChI is InChI=1S/C18H25NO6S/c1-5-9-16-15(13-24-26(4,21)22)19(18(2,3)25-16)17(20)23-12-14-10-7-6-8-11-14/h5-8,10-11,15-16H,1,9,12-13H2,2-4H3/t15-,16-/m0/s1. The van der Waals surface area contributed by atoms with E-state index < -0.39 is 34.1 Å². The van der Waals surface area contributed by atoms with Gasteiger partial charge in [0.1, 0.15) is 12.3 Å². The Hall–Kier alpha value is -1.90. The van der Waals surface area contributed by atoms with Crippen LogP contribution in [-0.2, 0) is 30.4 Å². The zero-order valence-corrected chi connectivity index (χ0v) is 16.1. The van der Waals surface area contributed by atoms with Crippen molar-refractivity contribution in [3.63, 3.8) is 0 Å². The summed E-state index contributed by atoms with van der Waals surface area (Å²) in [5, 5.41) is 0. The summed E-state index contributed by atoms with van der Waals surface area (Å²) in [5.74, 6) is 0. The predicted molar refractivity (Wildman–Crippen MR) is 96.8 cm³/mol. The van der Waals surface area contributed by atoms with Crippen LogP contribution in [0.15, 0.2) is 43.0 Å². The van der Waals surface area contributed by atoms with E-state index >= 15 is 0 Å². The van der Waals surface area contributed by atoms with E-state index in [1.54, 1.807) is 19.9 Å². The molecule has 1 aromatic rings. The fourth-order valence-electron chi connectivity index (χ4n) is 2.96. The lowest BCUT2D eigenvalue weighted by molar-refractivity contribution is -0.0700. The van der Waals surface area contributed by atoms with Crippen LogP contribution in [0.5, 0.6) is 0 Å². The second-order valence-electron chi connectivity index (χ2n) is 6.59. The van der Waals surface area contributed by atoms with Crippen LogP contribution in [0.4, 0.5) is 4.79 Å². The molecule has 144 valence electrons. The number of carbonyl (C=O) groups is 1. The highest BCUT2D eigenvalue weighted by molar-refractivity contribution is 7.85. The molecule has 0 aliphatic carbocycles. The van der Waals surface area contributed by atoms with Gasteiger partial charge in [-0.2, -0.15) is 8.42 Å². The summed E-state index contributed by atoms with van der Waals surface area (Å²) in [4.78, 5) is 14.1. The summed E-state index contributed by atoms with van der Waals surface area (Å²) in [5.41, 5.74) is -0.113. The van der Waals surface area contributed by atoms with Gasteiger partial charge in [-0.25, -0.2) is 4.79 Å². The molecule has 0 N–H and O–H groups in total. The van der Waals surface area contributed by atoms with Crippen molar-refractivity contribution in [3.8, 4) is 0 Å². The van der Waals surface area contributed by atoms with E-state index in [1.165, 1.54) is 4.90 Å². The summed E-state index contributed by atoms with van der Waals surface area (Å²) < 4.78 is 39.0. The Morgan fingerprint density at radius 2 is 2.00 bits per heavy atom. The Kier molecular flexibility index (Phi) is 6.44. The molecule has 1 fully saturated rings. The molecule has 1 aliphatic rings. The molecule has 1 saturated heterocycles. The van der Waals surface area contributed by atoms with Crippen LogP contribution in [0, 0.1) is 0 Å². The lowest BCUT2D eigenvalue weighted by Gasteiger charge is -2.32. The van der Waals surface area contributed by atoms with Gasteiger partial charge in [-0.1, -0.05) is 36.4 Å². The smallest absolute Gasteiger partial charge is 0.412 e. The zero-order valence-electron chi connectivity index (χ0n) is 15.3. The number of benzene rings is 1. The van der Waals surface area contributed by atoms with Gasteiger partial charge in [0.25, 0.3) is 10.1 Å². The molecular formula is C18H25NO6S. The van der Waals surface area contributed by atoms with E-state index in [9.17, 15) is 13.2 Å². The van der Waals surface area contributed by atoms with Crippen molar-refractivity contribution in [3.05, 3.63) is 48.6 Å². The van der Waals surface area contributed by atoms with Crippen molar-refractivity contribution in [2.75, 3.05) is 12.9 Å². The van der Waals surface area contributed by atoms with Crippen molar-refractivity contribution in [1.29, 1.82) is 0 Å². The molecule has 0 aromatic heterocycles. The minimum absolute atomic E-state index is 0.109. The minimum Gasteiger partial charge on any atom is -0.444 e. The van der Waals surface area contributed by atoms with Crippen LogP contribution in [0.25, 0.3) is 0 Å². The number of amides is 1. The highest BCUT2D eigenvalue weighted by Crippen LogP contribution is 2.35. The van der Waals surface area contributed by atoms with Gasteiger partial charge < -0.3 is 9.47 Å². The normalized spacial score (nSPS) is 22.2. The topological polar surface area (TPSA) is 82.1 Å². The number of hydrogen-bond acceptors (Lipinski definition) is 6. The number of rotatable bonds is 7. The third-order valence-corrected chi connectivity index (χ3v) is 4.60. The first kappa shape index (κ1) is 20.4. The minimum atomic E-state index is -3.65. The molecule has 0 saturated carbocycles. The van der Waals surface area contributed by atoms with Gasteiger partial charge >= 0.3 is 6.09 Å². The van der Waals surface area contributed by atoms with Gasteiger partial charge in [0.05, 0.1) is 25.0 Å². The van der Waals surface area contributed by atoms with Crippen LogP contribution in [0.3, 0.4) is 0 Å². The number of nitrogens with zero attached hydrogens (tertiary/aromatic N) is 1. The Bertz CT molecular complexity index is 731. The predicted octanol–water partition coefficient (Wildman–Crippen LogP) is 2.68. The monoisotopic (exact) mass is 383 g/mol. The quantitative estimate of drug-likeness (QED) is 0.532. The number of ether oxygens (including phenoxy) is 2. The largest absolute Gasteiger partial charge is 0.444 e. The maximum Gasteiger partial charge on any atom is 0.412 e. The molecule has 2 atom stereocenters. The summed E-state index contributed by atoms with van der Waals surface area (Å²) in [6, 6.07) is 8.68. The van der Waals surface area contributed by atoms with Crippen LogP contribution >= 0.6 is 0 Å². The van der Waals surface area contributed by atoms with Crippen molar-refractivity contribution in [2.24, 2.45) is 0 Å². The third kappa shape index (κ3) is 5.30. The van der Waals surface area contributed by atoms with Crippen LogP contribution in [0.1, 0.15) is 25.8 Å². The molecule has 1 heterocycles. The maximum absolute atomic E-state index is 12.7. The van der Waals surface area contributed by atoms with Gasteiger partial charge in [-0.05, 0) is 25.8 Å². The van der Waals surface area contributed by atoms with Crippen molar-refractivity contribution < 1.29 is 26.9 Å². The van der Waals surface area contributed by atoms with Crippen molar-refractivity contribution in [2.45, 2.75) is 44.7 Å². The average Bonchev–Trinajstić information content (AvgIpc) is 2.81. The zero-order chi connectivity index (χ0) is 19.4. The van der Waals surface area contributed by atoms with E-state index in [1.807, 2.05) is 30.3 Å². The van der Waals surface area contributed by atoms with Gasteiger partial charge in [-0.3, -0.25) is 9.08 Å². The lowest BCUT2D eigenvalue weighted by atomic mass is 10.1. The third-order valence-electron chi connectivity index (χ3n) is 4.03. The first-order valence-electron chi connectivity index (χ1n) is 8.27. The molecule has 0 unspecified atom stereocenters. The Morgan fingerprint density at radius 3 is 2.58 bits per heavy atom. The van der Waals surface area contributed by atoms with Crippen LogP contribution in [0.2, 0.25) is 0 Å². The Morgan fingerprint density at radius 1 is 1.35 bits per heavy atom. The SMILES string of the molecule is C=CC[C@@H]1OC(C)(C)N(C(=O)OCc2ccccc2)[C@H]1COS(C)(=O)=O. The molecule has 0 bridgehead atoms. The second kappa shape index (κ2) is 8.20. The molecule has 1 aromatic carbocycles. The number of carbonyl (C=O) groups excluding carboxylic acids is 1. The molecule has 1 amide bonds. The lowest BCUT2D eigenvalue weighted by Crippen LogP contribution is -2.50. The van der Waals surface area contributed by atoms with E-state index in [2.05, 4.69) is 6.58 Å². The van der Waals surface area contributed by atoms with Gasteiger partial charge in [0.15, 0.2) is 0 Å². The Labute approximate surface area is 154 Å². The fourth-order valence-corrected chi connectivity index (χ4v) is 3.35. The second-order valence-corrected chi connectivity index (χ2v) is 8.24. The van der Waals surface area contributed by atoms with E-state index in [4.69, 9.17) is 13.7 Å². The molecular weight excluding hydrogens is 358 g/mol. The van der Waals surface area contributed by atoms with E-state index in [0.29, 0.717) is 6.42 Å². The molecule has 0 spiro atoms. The fraction of sp³-hybridized carbons (Fsp3) is 0.500. The van der Waals surface area contributed by atoms with Gasteiger partial charge in [0.2, 0.25) is 0 Å². The molecule has 1 aliphatic heterocycles. The molecule has 2 rings (SSSR count). The van der Waals surface area contributed by atoms with E-state index in [-0.39, 0.29) is 13.2 Å². The first-order valence-corrected chi connectivity index (χ1v) is 10.1. The molecule has 8 heteroatoms. The molecule has 7 nitrogen and oxygen atoms in total. The highest BCUT2D eigenvalue weighted by atomic mass is 32.2. The maximum atomic E-state index is 12.7.